The van der Waals surface area contributed by atoms with E-state index in [-0.39, 0.29) is 37.1 Å². The van der Waals surface area contributed by atoms with Crippen LogP contribution in [0.4, 0.5) is 0 Å². The van der Waals surface area contributed by atoms with Crippen LogP contribution in [0.5, 0.6) is 0 Å². The van der Waals surface area contributed by atoms with Crippen LogP contribution in [0.1, 0.15) is 17.7 Å². The van der Waals surface area contributed by atoms with Crippen LogP contribution in [0, 0.1) is 0 Å². The van der Waals surface area contributed by atoms with E-state index in [4.69, 9.17) is 28.9 Å². The molecule has 0 aliphatic carbocycles. The summed E-state index contributed by atoms with van der Waals surface area (Å²) in [5, 5.41) is 9.12. The van der Waals surface area contributed by atoms with Gasteiger partial charge in [-0.1, -0.05) is 58.2 Å². The summed E-state index contributed by atoms with van der Waals surface area (Å²) in [6.07, 6.45) is 4.11. The van der Waals surface area contributed by atoms with Gasteiger partial charge in [0.05, 0.1) is 23.0 Å². The second-order valence-corrected chi connectivity index (χ2v) is 9.39. The number of halogens is 4. The molecule has 2 amide bonds. The molecule has 0 saturated carbocycles. The molecule has 12 heteroatoms. The van der Waals surface area contributed by atoms with Gasteiger partial charge < -0.3 is 41.2 Å². The first kappa shape index (κ1) is 32.1. The maximum Gasteiger partial charge on any atom is 0.268 e. The highest BCUT2D eigenvalue weighted by molar-refractivity contribution is 6.42. The molecular weight excluding hydrogens is 582 g/mol. The van der Waals surface area contributed by atoms with E-state index >= 15 is 0 Å². The van der Waals surface area contributed by atoms with Gasteiger partial charge in [-0.05, 0) is 23.8 Å². The summed E-state index contributed by atoms with van der Waals surface area (Å²) in [5.74, 6) is -0.780. The highest BCUT2D eigenvalue weighted by atomic mass is 35.5. The first-order chi connectivity index (χ1) is 17.9. The molecule has 0 aliphatic heterocycles. The number of nitrogens with two attached hydrogens (primary N) is 2. The monoisotopic (exact) mass is 608 g/mol. The van der Waals surface area contributed by atoms with Crippen LogP contribution in [0.3, 0.4) is 0 Å². The van der Waals surface area contributed by atoms with Crippen molar-refractivity contribution in [3.05, 3.63) is 100 Å². The van der Waals surface area contributed by atoms with Crippen LogP contribution in [0.15, 0.2) is 79.1 Å². The number of hydrogen-bond donors (Lipinski definition) is 4. The van der Waals surface area contributed by atoms with Gasteiger partial charge in [-0.25, -0.2) is 0 Å². The molecule has 0 bridgehead atoms. The average molecular weight is 610 g/mol. The van der Waals surface area contributed by atoms with Gasteiger partial charge in [0.1, 0.15) is 11.7 Å². The number of H-pyrrole nitrogens is 1. The molecule has 4 aromatic rings. The first-order valence-corrected chi connectivity index (χ1v) is 12.6. The van der Waals surface area contributed by atoms with Crippen LogP contribution in [-0.4, -0.2) is 34.5 Å². The Bertz CT molecular complexity index is 1370. The molecular formula is C27H28Cl4N6O2. The normalized spacial score (nSPS) is 11.1. The Morgan fingerprint density at radius 1 is 1.03 bits per heavy atom. The molecule has 4 rings (SSSR count). The molecule has 8 nitrogen and oxygen atoms in total. The Morgan fingerprint density at radius 3 is 2.46 bits per heavy atom. The van der Waals surface area contributed by atoms with Crippen molar-refractivity contribution < 1.29 is 44.4 Å². The third-order valence-corrected chi connectivity index (χ3v) is 6.59. The molecule has 0 spiro atoms. The minimum Gasteiger partial charge on any atom is -1.00 e. The number of benzene rings is 2. The third-order valence-electron chi connectivity index (χ3n) is 5.85. The Hall–Kier alpha value is -3.14. The summed E-state index contributed by atoms with van der Waals surface area (Å²) >= 11 is 12.4. The van der Waals surface area contributed by atoms with Crippen molar-refractivity contribution in [3.63, 3.8) is 0 Å². The van der Waals surface area contributed by atoms with Crippen molar-refractivity contribution in [2.24, 2.45) is 5.73 Å². The lowest BCUT2D eigenvalue weighted by Crippen LogP contribution is -3.00. The van der Waals surface area contributed by atoms with E-state index in [1.807, 2.05) is 64.6 Å². The average Bonchev–Trinajstić information content (AvgIpc) is 3.33. The lowest BCUT2D eigenvalue weighted by atomic mass is 10.1. The van der Waals surface area contributed by atoms with E-state index < -0.39 is 11.9 Å². The molecule has 206 valence electrons. The summed E-state index contributed by atoms with van der Waals surface area (Å²) in [4.78, 5) is 28.6. The number of carbonyl (C=O) groups excluding carboxylic acids is 2. The lowest BCUT2D eigenvalue weighted by molar-refractivity contribution is -0.719. The quantitative estimate of drug-likeness (QED) is 0.104. The smallest absolute Gasteiger partial charge is 0.268 e. The maximum atomic E-state index is 12.5. The zero-order chi connectivity index (χ0) is 26.2. The van der Waals surface area contributed by atoms with E-state index in [0.717, 1.165) is 28.2 Å². The number of nitrogens with one attached hydrogen (secondary N) is 2. The van der Waals surface area contributed by atoms with E-state index in [1.54, 1.807) is 24.5 Å². The molecule has 1 atom stereocenters. The number of quaternary nitrogens is 1. The van der Waals surface area contributed by atoms with Gasteiger partial charge in [0, 0.05) is 42.6 Å². The molecule has 0 saturated heterocycles. The van der Waals surface area contributed by atoms with Crippen molar-refractivity contribution in [3.8, 4) is 16.9 Å². The SMILES string of the molecule is NC(=O)[C@H](Cc1ccccc1)NC(=O)CC[NH2+]Cc1cc(-c2cccnc2)[nH][n+]1-c1ccc(Cl)c(Cl)c1.[Cl-].[Cl-]. The second kappa shape index (κ2) is 15.5. The number of aromatic amines is 1. The van der Waals surface area contributed by atoms with E-state index in [9.17, 15) is 9.59 Å². The van der Waals surface area contributed by atoms with Crippen LogP contribution in [-0.2, 0) is 22.6 Å². The third kappa shape index (κ3) is 8.95. The molecule has 6 N–H and O–H groups in total. The van der Waals surface area contributed by atoms with Crippen LogP contribution in [0.25, 0.3) is 16.9 Å². The number of nitrogens with zero attached hydrogens (tertiary/aromatic N) is 2. The number of aromatic nitrogens is 3. The molecule has 0 radical (unpaired) electrons. The van der Waals surface area contributed by atoms with Gasteiger partial charge in [0.15, 0.2) is 6.54 Å². The van der Waals surface area contributed by atoms with Crippen molar-refractivity contribution in [2.75, 3.05) is 6.54 Å². The zero-order valence-electron chi connectivity index (χ0n) is 20.8. The molecule has 2 heterocycles. The van der Waals surface area contributed by atoms with E-state index in [0.29, 0.717) is 29.6 Å². The highest BCUT2D eigenvalue weighted by Crippen LogP contribution is 2.23. The Labute approximate surface area is 249 Å². The summed E-state index contributed by atoms with van der Waals surface area (Å²) in [7, 11) is 0. The number of rotatable bonds is 11. The second-order valence-electron chi connectivity index (χ2n) is 8.58. The topological polar surface area (TPSA) is 121 Å². The lowest BCUT2D eigenvalue weighted by Gasteiger charge is -2.15. The predicted molar refractivity (Wildman–Crippen MR) is 142 cm³/mol. The van der Waals surface area contributed by atoms with Gasteiger partial charge in [0.2, 0.25) is 17.5 Å². The van der Waals surface area contributed by atoms with Gasteiger partial charge in [0.25, 0.3) is 5.69 Å². The Balaban J connectivity index is 0.00000267. The number of primary amides is 1. The standard InChI is InChI=1S/C27H26Cl2N6O2.2ClH/c28-22-9-8-20(14-23(22)29)35-21(15-24(34-35)19-7-4-11-31-16-19)17-32-12-10-26(36)33-25(27(30)37)13-18-5-2-1-3-6-18;;/h1-9,11,14-16,25,32H,10,12-13,17H2,(H3,30,33,36,37);2*1H/t25-;;/m0../s1. The van der Waals surface area contributed by atoms with Gasteiger partial charge in [-0.15, -0.1) is 0 Å². The predicted octanol–water partition coefficient (Wildman–Crippen LogP) is -3.67. The summed E-state index contributed by atoms with van der Waals surface area (Å²) in [6.45, 7) is 1.12. The molecule has 39 heavy (non-hydrogen) atoms. The van der Waals surface area contributed by atoms with Crippen molar-refractivity contribution >= 4 is 35.0 Å². The fraction of sp³-hybridized carbons (Fsp3) is 0.185. The zero-order valence-corrected chi connectivity index (χ0v) is 23.8. The maximum absolute atomic E-state index is 12.5. The summed E-state index contributed by atoms with van der Waals surface area (Å²) in [5.41, 5.74) is 10.1. The number of amides is 2. The molecule has 0 fully saturated rings. The summed E-state index contributed by atoms with van der Waals surface area (Å²) < 4.78 is 1.93. The number of pyridine rings is 1. The fourth-order valence-corrected chi connectivity index (χ4v) is 4.24. The van der Waals surface area contributed by atoms with Crippen molar-refractivity contribution in [2.45, 2.75) is 25.4 Å². The fourth-order valence-electron chi connectivity index (χ4n) is 3.95. The minimum absolute atomic E-state index is 0. The van der Waals surface area contributed by atoms with E-state index in [1.165, 1.54) is 0 Å². The number of hydrogen-bond acceptors (Lipinski definition) is 3. The highest BCUT2D eigenvalue weighted by Gasteiger charge is 2.23. The van der Waals surface area contributed by atoms with Gasteiger partial charge in [-0.3, -0.25) is 14.6 Å². The molecule has 2 aromatic carbocycles. The number of carbonyl (C=O) groups is 2. The largest absolute Gasteiger partial charge is 1.00 e. The molecule has 0 aliphatic rings. The van der Waals surface area contributed by atoms with Crippen molar-refractivity contribution in [1.82, 2.24) is 15.4 Å². The first-order valence-electron chi connectivity index (χ1n) is 11.8. The van der Waals surface area contributed by atoms with Crippen LogP contribution in [0.2, 0.25) is 10.0 Å². The van der Waals surface area contributed by atoms with E-state index in [2.05, 4.69) is 15.4 Å². The van der Waals surface area contributed by atoms with Crippen LogP contribution >= 0.6 is 23.2 Å². The minimum atomic E-state index is -0.751. The Morgan fingerprint density at radius 2 is 1.79 bits per heavy atom. The van der Waals surface area contributed by atoms with Gasteiger partial charge in [-0.2, -0.15) is 5.10 Å². The Kier molecular flexibility index (Phi) is 12.7. The summed E-state index contributed by atoms with van der Waals surface area (Å²) in [6, 6.07) is 20.0. The molecule has 2 aromatic heterocycles. The molecule has 0 unspecified atom stereocenters. The van der Waals surface area contributed by atoms with Crippen molar-refractivity contribution in [1.29, 1.82) is 0 Å². The van der Waals surface area contributed by atoms with Gasteiger partial charge >= 0.3 is 0 Å². The van der Waals surface area contributed by atoms with Crippen LogP contribution < -0.4 is 45.9 Å².